The molecule has 1 heterocycles. The van der Waals surface area contributed by atoms with Crippen molar-refractivity contribution in [2.45, 2.75) is 26.2 Å². The van der Waals surface area contributed by atoms with E-state index in [-0.39, 0.29) is 11.0 Å². The van der Waals surface area contributed by atoms with Gasteiger partial charge >= 0.3 is 0 Å². The maximum atomic E-state index is 11.8. The van der Waals surface area contributed by atoms with E-state index in [0.717, 1.165) is 17.9 Å². The van der Waals surface area contributed by atoms with Crippen molar-refractivity contribution in [1.82, 2.24) is 0 Å². The molecule has 0 radical (unpaired) electrons. The lowest BCUT2D eigenvalue weighted by Gasteiger charge is -2.26. The third-order valence-electron chi connectivity index (χ3n) is 5.27. The molecule has 4 heteroatoms. The van der Waals surface area contributed by atoms with E-state index in [1.54, 1.807) is 6.08 Å². The number of hydrogen-bond acceptors (Lipinski definition) is 4. The molecule has 0 saturated heterocycles. The minimum Gasteiger partial charge on any atom is -0.504 e. The van der Waals surface area contributed by atoms with Crippen LogP contribution in [0, 0.1) is 0 Å². The Bertz CT molecular complexity index is 1110. The van der Waals surface area contributed by atoms with Gasteiger partial charge in [-0.25, -0.2) is 0 Å². The Morgan fingerprint density at radius 3 is 2.48 bits per heavy atom. The van der Waals surface area contributed by atoms with E-state index in [2.05, 4.69) is 49.9 Å². The van der Waals surface area contributed by atoms with E-state index >= 15 is 0 Å². The molecule has 3 aromatic carbocycles. The van der Waals surface area contributed by atoms with Gasteiger partial charge in [0.2, 0.25) is 5.43 Å². The number of benzene rings is 2. The van der Waals surface area contributed by atoms with Crippen LogP contribution < -0.4 is 15.8 Å². The maximum absolute atomic E-state index is 11.8. The Labute approximate surface area is 145 Å². The Morgan fingerprint density at radius 2 is 1.80 bits per heavy atom. The van der Waals surface area contributed by atoms with Crippen LogP contribution in [-0.4, -0.2) is 11.7 Å². The molecule has 1 aliphatic heterocycles. The van der Waals surface area contributed by atoms with Crippen molar-refractivity contribution in [3.8, 4) is 5.75 Å². The number of aromatic hydroxyl groups is 1. The Morgan fingerprint density at radius 1 is 1.08 bits per heavy atom. The molecular weight excluding hydrogens is 314 g/mol. The highest BCUT2D eigenvalue weighted by molar-refractivity contribution is 5.95. The fraction of sp³-hybridized carbons (Fsp3) is 0.238. The SMILES string of the molecule is CCN1/C(=C\c2c(O)c(=O)c2=O)C(C)(C)c2c1ccc1ccccc21. The van der Waals surface area contributed by atoms with Gasteiger partial charge in [-0.05, 0) is 35.4 Å². The van der Waals surface area contributed by atoms with Gasteiger partial charge in [0.25, 0.3) is 5.43 Å². The van der Waals surface area contributed by atoms with E-state index in [1.807, 2.05) is 12.1 Å². The summed E-state index contributed by atoms with van der Waals surface area (Å²) in [4.78, 5) is 25.3. The van der Waals surface area contributed by atoms with Crippen molar-refractivity contribution in [3.63, 3.8) is 0 Å². The third-order valence-corrected chi connectivity index (χ3v) is 5.27. The highest BCUT2D eigenvalue weighted by atomic mass is 16.3. The smallest absolute Gasteiger partial charge is 0.268 e. The first-order valence-corrected chi connectivity index (χ1v) is 8.42. The lowest BCUT2D eigenvalue weighted by molar-refractivity contribution is 0.461. The molecule has 1 aliphatic rings. The number of allylic oxidation sites excluding steroid dienone is 1. The quantitative estimate of drug-likeness (QED) is 0.731. The topological polar surface area (TPSA) is 57.6 Å². The third kappa shape index (κ3) is 1.94. The van der Waals surface area contributed by atoms with Gasteiger partial charge in [-0.15, -0.1) is 0 Å². The van der Waals surface area contributed by atoms with Gasteiger partial charge in [0.1, 0.15) is 0 Å². The average molecular weight is 333 g/mol. The van der Waals surface area contributed by atoms with Gasteiger partial charge in [0.05, 0.1) is 5.56 Å². The minimum atomic E-state index is -0.798. The van der Waals surface area contributed by atoms with Gasteiger partial charge in [0, 0.05) is 23.3 Å². The van der Waals surface area contributed by atoms with Crippen LogP contribution >= 0.6 is 0 Å². The van der Waals surface area contributed by atoms with E-state index in [1.165, 1.54) is 16.3 Å². The van der Waals surface area contributed by atoms with Crippen LogP contribution in [0.3, 0.4) is 0 Å². The highest BCUT2D eigenvalue weighted by Gasteiger charge is 2.41. The summed E-state index contributed by atoms with van der Waals surface area (Å²) >= 11 is 0. The first-order chi connectivity index (χ1) is 11.9. The van der Waals surface area contributed by atoms with Crippen molar-refractivity contribution < 1.29 is 5.11 Å². The molecule has 0 aliphatic carbocycles. The number of likely N-dealkylation sites (N-methyl/N-ethyl adjacent to an activating group) is 1. The number of anilines is 1. The summed E-state index contributed by atoms with van der Waals surface area (Å²) in [6.07, 6.45) is 1.68. The Balaban J connectivity index is 2.01. The minimum absolute atomic E-state index is 0.114. The van der Waals surface area contributed by atoms with Crippen molar-refractivity contribution in [2.75, 3.05) is 11.4 Å². The van der Waals surface area contributed by atoms with E-state index in [4.69, 9.17) is 0 Å². The molecule has 0 aromatic heterocycles. The number of hydrogen-bond donors (Lipinski definition) is 1. The van der Waals surface area contributed by atoms with Gasteiger partial charge < -0.3 is 10.0 Å². The zero-order valence-corrected chi connectivity index (χ0v) is 14.5. The molecule has 0 fully saturated rings. The van der Waals surface area contributed by atoms with Gasteiger partial charge in [-0.3, -0.25) is 9.59 Å². The molecule has 0 atom stereocenters. The van der Waals surface area contributed by atoms with Crippen LogP contribution in [0.4, 0.5) is 5.69 Å². The summed E-state index contributed by atoms with van der Waals surface area (Å²) < 4.78 is 0. The zero-order chi connectivity index (χ0) is 17.9. The molecule has 1 N–H and O–H groups in total. The second-order valence-corrected chi connectivity index (χ2v) is 7.00. The van der Waals surface area contributed by atoms with Crippen molar-refractivity contribution in [1.29, 1.82) is 0 Å². The lowest BCUT2D eigenvalue weighted by atomic mass is 9.80. The van der Waals surface area contributed by atoms with Crippen molar-refractivity contribution >= 4 is 22.5 Å². The van der Waals surface area contributed by atoms with Crippen molar-refractivity contribution in [3.05, 3.63) is 73.7 Å². The van der Waals surface area contributed by atoms with E-state index in [0.29, 0.717) is 0 Å². The van der Waals surface area contributed by atoms with Crippen LogP contribution in [0.5, 0.6) is 5.75 Å². The fourth-order valence-corrected chi connectivity index (χ4v) is 4.00. The molecule has 0 saturated carbocycles. The molecule has 25 heavy (non-hydrogen) atoms. The van der Waals surface area contributed by atoms with Crippen LogP contribution in [0.2, 0.25) is 0 Å². The van der Waals surface area contributed by atoms with Crippen LogP contribution in [0.1, 0.15) is 31.9 Å². The maximum Gasteiger partial charge on any atom is 0.268 e. The van der Waals surface area contributed by atoms with E-state index < -0.39 is 16.6 Å². The monoisotopic (exact) mass is 333 g/mol. The van der Waals surface area contributed by atoms with Gasteiger partial charge in [-0.1, -0.05) is 44.2 Å². The molecule has 126 valence electrons. The summed E-state index contributed by atoms with van der Waals surface area (Å²) in [5.74, 6) is -0.426. The predicted octanol–water partition coefficient (Wildman–Crippen LogP) is 3.30. The lowest BCUT2D eigenvalue weighted by Crippen LogP contribution is -2.34. The first-order valence-electron chi connectivity index (χ1n) is 8.42. The summed E-state index contributed by atoms with van der Waals surface area (Å²) in [6.45, 7) is 7.01. The Hall–Kier alpha value is -2.88. The second kappa shape index (κ2) is 5.06. The predicted molar refractivity (Wildman–Crippen MR) is 101 cm³/mol. The fourth-order valence-electron chi connectivity index (χ4n) is 4.00. The van der Waals surface area contributed by atoms with E-state index in [9.17, 15) is 14.7 Å². The summed E-state index contributed by atoms with van der Waals surface area (Å²) in [5.41, 5.74) is 1.59. The number of rotatable bonds is 2. The molecule has 3 aromatic rings. The normalized spacial score (nSPS) is 17.6. The summed E-state index contributed by atoms with van der Waals surface area (Å²) in [5, 5.41) is 12.1. The van der Waals surface area contributed by atoms with Crippen LogP contribution in [0.25, 0.3) is 16.8 Å². The largest absolute Gasteiger partial charge is 0.504 e. The summed E-state index contributed by atoms with van der Waals surface area (Å²) in [6, 6.07) is 12.5. The average Bonchev–Trinajstić information content (AvgIpc) is 2.85. The molecular formula is C21H19NO3. The molecule has 0 amide bonds. The standard InChI is InChI=1S/C21H19NO3/c1-4-22-15-10-9-12-7-5-6-8-13(12)17(15)21(2,3)16(22)11-14-18(23)20(25)19(14)24/h5-11,23H,4H2,1-3H3/b16-11-. The Kier molecular flexibility index (Phi) is 3.16. The molecule has 0 unspecified atom stereocenters. The number of fused-ring (bicyclic) bond motifs is 3. The molecule has 0 bridgehead atoms. The molecule has 0 spiro atoms. The van der Waals surface area contributed by atoms with Gasteiger partial charge in [-0.2, -0.15) is 0 Å². The second-order valence-electron chi connectivity index (χ2n) is 7.00. The number of nitrogens with zero attached hydrogens (tertiary/aromatic N) is 1. The van der Waals surface area contributed by atoms with Crippen molar-refractivity contribution in [2.24, 2.45) is 0 Å². The highest BCUT2D eigenvalue weighted by Crippen LogP contribution is 2.51. The first kappa shape index (κ1) is 15.6. The van der Waals surface area contributed by atoms with Gasteiger partial charge in [0.15, 0.2) is 5.75 Å². The summed E-state index contributed by atoms with van der Waals surface area (Å²) in [7, 11) is 0. The molecule has 4 nitrogen and oxygen atoms in total. The zero-order valence-electron chi connectivity index (χ0n) is 14.5. The van der Waals surface area contributed by atoms with Crippen LogP contribution in [0.15, 0.2) is 51.7 Å². The molecule has 4 rings (SSSR count). The van der Waals surface area contributed by atoms with Crippen LogP contribution in [-0.2, 0) is 5.41 Å².